The second kappa shape index (κ2) is 8.57. The number of ether oxygens (including phenoxy) is 1. The Balaban J connectivity index is 1.55. The van der Waals surface area contributed by atoms with E-state index < -0.39 is 0 Å². The molecule has 0 N–H and O–H groups in total. The molecule has 1 aromatic carbocycles. The van der Waals surface area contributed by atoms with Crippen molar-refractivity contribution in [3.05, 3.63) is 29.6 Å². The molecule has 2 aliphatic heterocycles. The molecule has 5 nitrogen and oxygen atoms in total. The van der Waals surface area contributed by atoms with Crippen LogP contribution in [0.1, 0.15) is 31.2 Å². The van der Waals surface area contributed by atoms with E-state index in [2.05, 4.69) is 14.7 Å². The standard InChI is InChI=1S/C21H32FN3O2/c1-23(2)12-13-25-16-21(7-6-20(25)26)8-10-24(11-9-21)15-17-4-5-18(22)19(14-17)27-3/h4-5,14H,6-13,15-16H2,1-3H3. The summed E-state index contributed by atoms with van der Waals surface area (Å²) in [6, 6.07) is 5.11. The number of likely N-dealkylation sites (tertiary alicyclic amines) is 2. The lowest BCUT2D eigenvalue weighted by molar-refractivity contribution is -0.139. The van der Waals surface area contributed by atoms with Crippen molar-refractivity contribution in [1.29, 1.82) is 0 Å². The Morgan fingerprint density at radius 3 is 2.63 bits per heavy atom. The molecule has 6 heteroatoms. The zero-order valence-corrected chi connectivity index (χ0v) is 16.8. The van der Waals surface area contributed by atoms with Crippen LogP contribution in [0.3, 0.4) is 0 Å². The number of nitrogens with zero attached hydrogens (tertiary/aromatic N) is 3. The van der Waals surface area contributed by atoms with Crippen molar-refractivity contribution in [3.63, 3.8) is 0 Å². The number of carbonyl (C=O) groups is 1. The summed E-state index contributed by atoms with van der Waals surface area (Å²) in [5, 5.41) is 0. The Labute approximate surface area is 162 Å². The van der Waals surface area contributed by atoms with Gasteiger partial charge in [0.1, 0.15) is 0 Å². The first-order chi connectivity index (χ1) is 12.9. The molecule has 0 unspecified atom stereocenters. The van der Waals surface area contributed by atoms with Crippen LogP contribution < -0.4 is 4.74 Å². The van der Waals surface area contributed by atoms with Gasteiger partial charge in [0.25, 0.3) is 0 Å². The fraction of sp³-hybridized carbons (Fsp3) is 0.667. The molecule has 2 fully saturated rings. The van der Waals surface area contributed by atoms with Crippen LogP contribution in [0.4, 0.5) is 4.39 Å². The highest BCUT2D eigenvalue weighted by Gasteiger charge is 2.40. The average Bonchev–Trinajstić information content (AvgIpc) is 2.66. The number of hydrogen-bond donors (Lipinski definition) is 0. The van der Waals surface area contributed by atoms with Crippen LogP contribution in [-0.4, -0.2) is 74.5 Å². The highest BCUT2D eigenvalue weighted by molar-refractivity contribution is 5.77. The first-order valence-corrected chi connectivity index (χ1v) is 9.88. The maximum Gasteiger partial charge on any atom is 0.222 e. The lowest BCUT2D eigenvalue weighted by Crippen LogP contribution is -2.52. The van der Waals surface area contributed by atoms with E-state index in [-0.39, 0.29) is 11.2 Å². The van der Waals surface area contributed by atoms with Gasteiger partial charge in [0.2, 0.25) is 5.91 Å². The smallest absolute Gasteiger partial charge is 0.222 e. The molecule has 3 rings (SSSR count). The molecule has 1 aromatic rings. The zero-order chi connectivity index (χ0) is 19.4. The number of amides is 1. The quantitative estimate of drug-likeness (QED) is 0.764. The van der Waals surface area contributed by atoms with Gasteiger partial charge >= 0.3 is 0 Å². The van der Waals surface area contributed by atoms with E-state index in [9.17, 15) is 9.18 Å². The maximum atomic E-state index is 13.6. The first kappa shape index (κ1) is 20.1. The van der Waals surface area contributed by atoms with E-state index in [1.807, 2.05) is 20.2 Å². The third kappa shape index (κ3) is 4.99. The second-order valence-electron chi connectivity index (χ2n) is 8.36. The van der Waals surface area contributed by atoms with E-state index in [0.717, 1.165) is 64.1 Å². The van der Waals surface area contributed by atoms with Crippen molar-refractivity contribution < 1.29 is 13.9 Å². The summed E-state index contributed by atoms with van der Waals surface area (Å²) in [6.45, 7) is 5.51. The van der Waals surface area contributed by atoms with Gasteiger partial charge < -0.3 is 14.5 Å². The molecule has 2 saturated heterocycles. The van der Waals surface area contributed by atoms with Crippen LogP contribution in [0.15, 0.2) is 18.2 Å². The molecule has 0 saturated carbocycles. The summed E-state index contributed by atoms with van der Waals surface area (Å²) >= 11 is 0. The van der Waals surface area contributed by atoms with E-state index in [0.29, 0.717) is 18.1 Å². The van der Waals surface area contributed by atoms with Gasteiger partial charge in [-0.25, -0.2) is 4.39 Å². The minimum Gasteiger partial charge on any atom is -0.494 e. The summed E-state index contributed by atoms with van der Waals surface area (Å²) in [5.41, 5.74) is 1.35. The Kier molecular flexibility index (Phi) is 6.37. The summed E-state index contributed by atoms with van der Waals surface area (Å²) < 4.78 is 18.7. The van der Waals surface area contributed by atoms with E-state index in [4.69, 9.17) is 4.74 Å². The molecule has 2 aliphatic rings. The van der Waals surface area contributed by atoms with Crippen LogP contribution in [0.25, 0.3) is 0 Å². The third-order valence-electron chi connectivity index (χ3n) is 6.10. The second-order valence-corrected chi connectivity index (χ2v) is 8.36. The summed E-state index contributed by atoms with van der Waals surface area (Å²) in [4.78, 5) is 18.9. The molecule has 0 aliphatic carbocycles. The summed E-state index contributed by atoms with van der Waals surface area (Å²) in [5.74, 6) is 0.301. The molecule has 0 atom stereocenters. The number of benzene rings is 1. The Hall–Kier alpha value is -1.66. The molecular weight excluding hydrogens is 345 g/mol. The fourth-order valence-electron chi connectivity index (χ4n) is 4.28. The SMILES string of the molecule is COc1cc(CN2CCC3(CCC(=O)N(CCN(C)C)C3)CC2)ccc1F. The molecule has 1 spiro atoms. The monoisotopic (exact) mass is 377 g/mol. The molecule has 2 heterocycles. The zero-order valence-electron chi connectivity index (χ0n) is 16.8. The molecule has 150 valence electrons. The van der Waals surface area contributed by atoms with Crippen molar-refractivity contribution in [2.24, 2.45) is 5.41 Å². The van der Waals surface area contributed by atoms with Crippen LogP contribution >= 0.6 is 0 Å². The lowest BCUT2D eigenvalue weighted by Gasteiger charge is -2.47. The Morgan fingerprint density at radius 1 is 1.22 bits per heavy atom. The molecular formula is C21H32FN3O2. The van der Waals surface area contributed by atoms with Crippen LogP contribution in [0.5, 0.6) is 5.75 Å². The van der Waals surface area contributed by atoms with Gasteiger partial charge in [0, 0.05) is 32.6 Å². The predicted molar refractivity (Wildman–Crippen MR) is 104 cm³/mol. The van der Waals surface area contributed by atoms with Gasteiger partial charge in [0.05, 0.1) is 7.11 Å². The minimum atomic E-state index is -0.316. The Bertz CT molecular complexity index is 657. The number of halogens is 1. The normalized spacial score (nSPS) is 20.5. The minimum absolute atomic E-state index is 0.275. The summed E-state index contributed by atoms with van der Waals surface area (Å²) in [6.07, 6.45) is 3.94. The van der Waals surface area contributed by atoms with E-state index in [1.54, 1.807) is 6.07 Å². The van der Waals surface area contributed by atoms with Gasteiger partial charge in [-0.1, -0.05) is 6.07 Å². The molecule has 0 bridgehead atoms. The largest absolute Gasteiger partial charge is 0.494 e. The van der Waals surface area contributed by atoms with Gasteiger partial charge in [0.15, 0.2) is 11.6 Å². The van der Waals surface area contributed by atoms with Crippen molar-refractivity contribution >= 4 is 5.91 Å². The predicted octanol–water partition coefficient (Wildman–Crippen LogP) is 2.60. The average molecular weight is 378 g/mol. The van der Waals surface area contributed by atoms with Crippen LogP contribution in [-0.2, 0) is 11.3 Å². The number of carbonyl (C=O) groups excluding carboxylic acids is 1. The molecule has 1 amide bonds. The molecule has 0 radical (unpaired) electrons. The van der Waals surface area contributed by atoms with E-state index in [1.165, 1.54) is 13.2 Å². The topological polar surface area (TPSA) is 36.0 Å². The van der Waals surface area contributed by atoms with E-state index >= 15 is 0 Å². The van der Waals surface area contributed by atoms with Crippen LogP contribution in [0.2, 0.25) is 0 Å². The number of hydrogen-bond acceptors (Lipinski definition) is 4. The van der Waals surface area contributed by atoms with Crippen molar-refractivity contribution in [2.45, 2.75) is 32.2 Å². The van der Waals surface area contributed by atoms with Gasteiger partial charge in [-0.2, -0.15) is 0 Å². The maximum absolute atomic E-state index is 13.6. The first-order valence-electron chi connectivity index (χ1n) is 9.88. The lowest BCUT2D eigenvalue weighted by atomic mass is 9.72. The molecule has 0 aromatic heterocycles. The van der Waals surface area contributed by atoms with Gasteiger partial charge in [-0.15, -0.1) is 0 Å². The number of likely N-dealkylation sites (N-methyl/N-ethyl adjacent to an activating group) is 1. The Morgan fingerprint density at radius 2 is 1.96 bits per heavy atom. The number of rotatable bonds is 6. The van der Waals surface area contributed by atoms with Gasteiger partial charge in [-0.05, 0) is 69.6 Å². The highest BCUT2D eigenvalue weighted by Crippen LogP contribution is 2.40. The van der Waals surface area contributed by atoms with Crippen molar-refractivity contribution in [3.8, 4) is 5.75 Å². The highest BCUT2D eigenvalue weighted by atomic mass is 19.1. The number of methoxy groups -OCH3 is 1. The summed E-state index contributed by atoms with van der Waals surface area (Å²) in [7, 11) is 5.60. The number of piperidine rings is 2. The molecule has 27 heavy (non-hydrogen) atoms. The van der Waals surface area contributed by atoms with Crippen molar-refractivity contribution in [2.75, 3.05) is 53.9 Å². The van der Waals surface area contributed by atoms with Gasteiger partial charge in [-0.3, -0.25) is 9.69 Å². The third-order valence-corrected chi connectivity index (χ3v) is 6.10. The van der Waals surface area contributed by atoms with Crippen LogP contribution in [0, 0.1) is 11.2 Å². The fourth-order valence-corrected chi connectivity index (χ4v) is 4.28. The van der Waals surface area contributed by atoms with Crippen molar-refractivity contribution in [1.82, 2.24) is 14.7 Å².